The van der Waals surface area contributed by atoms with Gasteiger partial charge in [-0.25, -0.2) is 0 Å². The van der Waals surface area contributed by atoms with Crippen LogP contribution in [0, 0.1) is 17.3 Å². The second kappa shape index (κ2) is 6.34. The summed E-state index contributed by atoms with van der Waals surface area (Å²) >= 11 is 0. The molecule has 3 nitrogen and oxygen atoms in total. The first-order chi connectivity index (χ1) is 12.0. The number of fused-ring (bicyclic) bond motifs is 5. The average molecular weight is 341 g/mol. The zero-order chi connectivity index (χ0) is 17.6. The van der Waals surface area contributed by atoms with Crippen LogP contribution in [0.5, 0.6) is 5.75 Å². The molecule has 0 spiro atoms. The number of ether oxygens (including phenoxy) is 1. The van der Waals surface area contributed by atoms with E-state index >= 15 is 0 Å². The third-order valence-electron chi connectivity index (χ3n) is 7.07. The molecule has 2 saturated carbocycles. The maximum Gasteiger partial charge on any atom is 0.119 e. The van der Waals surface area contributed by atoms with Crippen molar-refractivity contribution < 1.29 is 4.74 Å². The van der Waals surface area contributed by atoms with Gasteiger partial charge in [-0.3, -0.25) is 0 Å². The van der Waals surface area contributed by atoms with Gasteiger partial charge in [-0.1, -0.05) is 13.0 Å². The van der Waals surface area contributed by atoms with Gasteiger partial charge in [0, 0.05) is 25.2 Å². The van der Waals surface area contributed by atoms with Crippen molar-refractivity contribution >= 4 is 5.71 Å². The van der Waals surface area contributed by atoms with Crippen molar-refractivity contribution in [3.8, 4) is 5.75 Å². The number of rotatable bonds is 3. The molecule has 1 aromatic carbocycles. The quantitative estimate of drug-likeness (QED) is 0.734. The highest BCUT2D eigenvalue weighted by Gasteiger charge is 2.53. The third kappa shape index (κ3) is 2.76. The van der Waals surface area contributed by atoms with Crippen molar-refractivity contribution in [2.75, 3.05) is 20.7 Å². The Balaban J connectivity index is 1.62. The third-order valence-corrected chi connectivity index (χ3v) is 7.07. The molecule has 4 atom stereocenters. The molecular formula is C22H32N2O. The number of hydrogen-bond acceptors (Lipinski definition) is 3. The SMILES string of the molecule is CCOc1ccc2c(c1)CC[C@@H]1[C@@H]2CC[C@]2(C)C(=NN(C)C)CC[C@@H]12. The van der Waals surface area contributed by atoms with E-state index in [-0.39, 0.29) is 0 Å². The van der Waals surface area contributed by atoms with Crippen LogP contribution in [0.25, 0.3) is 0 Å². The molecule has 0 N–H and O–H groups in total. The molecule has 3 heteroatoms. The highest BCUT2D eigenvalue weighted by atomic mass is 16.5. The highest BCUT2D eigenvalue weighted by molar-refractivity contribution is 5.92. The molecule has 0 aliphatic heterocycles. The number of hydrazone groups is 1. The Labute approximate surface area is 152 Å². The molecule has 3 aliphatic carbocycles. The summed E-state index contributed by atoms with van der Waals surface area (Å²) in [5, 5.41) is 6.88. The maximum atomic E-state index is 5.72. The van der Waals surface area contributed by atoms with Crippen LogP contribution in [0.3, 0.4) is 0 Å². The zero-order valence-electron chi connectivity index (χ0n) is 16.2. The topological polar surface area (TPSA) is 24.8 Å². The first-order valence-electron chi connectivity index (χ1n) is 10.0. The fourth-order valence-electron chi connectivity index (χ4n) is 6.01. The smallest absolute Gasteiger partial charge is 0.119 e. The van der Waals surface area contributed by atoms with Crippen molar-refractivity contribution in [1.82, 2.24) is 5.01 Å². The Kier molecular flexibility index (Phi) is 4.29. The van der Waals surface area contributed by atoms with E-state index in [0.717, 1.165) is 30.1 Å². The van der Waals surface area contributed by atoms with Gasteiger partial charge >= 0.3 is 0 Å². The molecule has 136 valence electrons. The van der Waals surface area contributed by atoms with Gasteiger partial charge in [0.25, 0.3) is 0 Å². The van der Waals surface area contributed by atoms with Crippen molar-refractivity contribution in [1.29, 1.82) is 0 Å². The lowest BCUT2D eigenvalue weighted by atomic mass is 9.55. The molecule has 2 fully saturated rings. The van der Waals surface area contributed by atoms with E-state index < -0.39 is 0 Å². The summed E-state index contributed by atoms with van der Waals surface area (Å²) in [7, 11) is 4.12. The van der Waals surface area contributed by atoms with Crippen LogP contribution in [0.2, 0.25) is 0 Å². The van der Waals surface area contributed by atoms with Crippen LogP contribution in [0.1, 0.15) is 63.0 Å². The summed E-state index contributed by atoms with van der Waals surface area (Å²) < 4.78 is 5.72. The Morgan fingerprint density at radius 3 is 2.80 bits per heavy atom. The van der Waals surface area contributed by atoms with E-state index in [0.29, 0.717) is 5.41 Å². The molecule has 25 heavy (non-hydrogen) atoms. The van der Waals surface area contributed by atoms with Crippen LogP contribution in [0.4, 0.5) is 0 Å². The van der Waals surface area contributed by atoms with Crippen molar-refractivity contribution in [3.05, 3.63) is 29.3 Å². The predicted molar refractivity (Wildman–Crippen MR) is 103 cm³/mol. The van der Waals surface area contributed by atoms with Crippen LogP contribution < -0.4 is 4.74 Å². The predicted octanol–water partition coefficient (Wildman–Crippen LogP) is 4.86. The molecule has 1 aromatic rings. The van der Waals surface area contributed by atoms with Crippen molar-refractivity contribution in [3.63, 3.8) is 0 Å². The second-order valence-corrected chi connectivity index (χ2v) is 8.60. The number of nitrogens with zero attached hydrogens (tertiary/aromatic N) is 2. The average Bonchev–Trinajstić information content (AvgIpc) is 2.91. The van der Waals surface area contributed by atoms with E-state index in [9.17, 15) is 0 Å². The minimum Gasteiger partial charge on any atom is -0.494 e. The van der Waals surface area contributed by atoms with E-state index in [1.807, 2.05) is 5.01 Å². The standard InChI is InChI=1S/C22H32N2O/c1-5-25-16-7-9-17-15(14-16)6-8-19-18(17)12-13-22(2)20(19)10-11-21(22)23-24(3)4/h7,9,14,18-20H,5-6,8,10-13H2,1-4H3/t18-,19-,20+,22+/m1/s1. The molecule has 0 radical (unpaired) electrons. The minimum atomic E-state index is 0.328. The summed E-state index contributed by atoms with van der Waals surface area (Å²) in [5.41, 5.74) is 4.93. The van der Waals surface area contributed by atoms with Gasteiger partial charge in [0.1, 0.15) is 5.75 Å². The van der Waals surface area contributed by atoms with E-state index in [2.05, 4.69) is 46.1 Å². The van der Waals surface area contributed by atoms with E-state index in [1.54, 1.807) is 5.56 Å². The number of aryl methyl sites for hydroxylation is 1. The molecule has 0 aromatic heterocycles. The van der Waals surface area contributed by atoms with Crippen LogP contribution in [-0.2, 0) is 6.42 Å². The Bertz CT molecular complexity index is 681. The fraction of sp³-hybridized carbons (Fsp3) is 0.682. The Hall–Kier alpha value is -1.51. The van der Waals surface area contributed by atoms with Gasteiger partial charge in [-0.2, -0.15) is 5.10 Å². The summed E-state index contributed by atoms with van der Waals surface area (Å²) in [6.07, 6.45) is 7.67. The fourth-order valence-corrected chi connectivity index (χ4v) is 6.01. The summed E-state index contributed by atoms with van der Waals surface area (Å²) in [6, 6.07) is 6.85. The number of hydrogen-bond donors (Lipinski definition) is 0. The minimum absolute atomic E-state index is 0.328. The lowest BCUT2D eigenvalue weighted by Crippen LogP contribution is -2.42. The largest absolute Gasteiger partial charge is 0.494 e. The van der Waals surface area contributed by atoms with E-state index in [1.165, 1.54) is 49.8 Å². The summed E-state index contributed by atoms with van der Waals surface area (Å²) in [4.78, 5) is 0. The monoisotopic (exact) mass is 340 g/mol. The first kappa shape index (κ1) is 16.9. The molecule has 4 rings (SSSR count). The molecule has 0 heterocycles. The molecular weight excluding hydrogens is 308 g/mol. The van der Waals surface area contributed by atoms with Gasteiger partial charge in [0.05, 0.1) is 6.61 Å². The maximum absolute atomic E-state index is 5.72. The normalized spacial score (nSPS) is 35.0. The second-order valence-electron chi connectivity index (χ2n) is 8.60. The van der Waals surface area contributed by atoms with Crippen molar-refractivity contribution in [2.45, 2.75) is 58.3 Å². The molecule has 0 bridgehead atoms. The number of benzene rings is 1. The molecule has 0 saturated heterocycles. The zero-order valence-corrected chi connectivity index (χ0v) is 16.2. The van der Waals surface area contributed by atoms with Gasteiger partial charge in [-0.05, 0) is 86.5 Å². The van der Waals surface area contributed by atoms with Gasteiger partial charge in [0.2, 0.25) is 0 Å². The summed E-state index contributed by atoms with van der Waals surface area (Å²) in [5.74, 6) is 3.43. The Morgan fingerprint density at radius 1 is 1.20 bits per heavy atom. The van der Waals surface area contributed by atoms with E-state index in [4.69, 9.17) is 9.84 Å². The first-order valence-corrected chi connectivity index (χ1v) is 10.0. The Morgan fingerprint density at radius 2 is 2.04 bits per heavy atom. The van der Waals surface area contributed by atoms with Gasteiger partial charge in [0.15, 0.2) is 0 Å². The van der Waals surface area contributed by atoms with Crippen LogP contribution in [0.15, 0.2) is 23.3 Å². The molecule has 0 unspecified atom stereocenters. The summed E-state index contributed by atoms with van der Waals surface area (Å²) in [6.45, 7) is 5.31. The highest BCUT2D eigenvalue weighted by Crippen LogP contribution is 2.60. The van der Waals surface area contributed by atoms with Crippen molar-refractivity contribution in [2.24, 2.45) is 22.4 Å². The lowest BCUT2D eigenvalue weighted by Gasteiger charge is -2.49. The van der Waals surface area contributed by atoms with Gasteiger partial charge < -0.3 is 9.75 Å². The lowest BCUT2D eigenvalue weighted by molar-refractivity contribution is 0.0947. The van der Waals surface area contributed by atoms with Crippen LogP contribution in [-0.4, -0.2) is 31.4 Å². The molecule has 3 aliphatic rings. The van der Waals surface area contributed by atoms with Gasteiger partial charge in [-0.15, -0.1) is 0 Å². The molecule has 0 amide bonds. The van der Waals surface area contributed by atoms with Crippen LogP contribution >= 0.6 is 0 Å².